The van der Waals surface area contributed by atoms with Gasteiger partial charge in [-0.25, -0.2) is 9.59 Å². The van der Waals surface area contributed by atoms with Gasteiger partial charge in [-0.05, 0) is 42.6 Å². The molecule has 3 rings (SSSR count). The van der Waals surface area contributed by atoms with Crippen molar-refractivity contribution in [3.8, 4) is 0 Å². The van der Waals surface area contributed by atoms with Crippen LogP contribution in [0, 0.1) is 5.41 Å². The van der Waals surface area contributed by atoms with Crippen LogP contribution in [0.3, 0.4) is 0 Å². The van der Waals surface area contributed by atoms with Crippen molar-refractivity contribution >= 4 is 12.2 Å². The van der Waals surface area contributed by atoms with Crippen molar-refractivity contribution in [1.29, 1.82) is 0 Å². The van der Waals surface area contributed by atoms with E-state index < -0.39 is 5.66 Å². The lowest BCUT2D eigenvalue weighted by molar-refractivity contribution is 0.224. The number of hydrogen-bond acceptors (Lipinski definition) is 4. The molecule has 0 atom stereocenters. The molecule has 0 saturated heterocycles. The van der Waals surface area contributed by atoms with Crippen molar-refractivity contribution in [2.75, 3.05) is 0 Å². The van der Waals surface area contributed by atoms with Crippen LogP contribution in [0.5, 0.6) is 0 Å². The summed E-state index contributed by atoms with van der Waals surface area (Å²) in [7, 11) is 0. The summed E-state index contributed by atoms with van der Waals surface area (Å²) in [4.78, 5) is 30.1. The first-order valence-electron chi connectivity index (χ1n) is 9.35. The highest BCUT2D eigenvalue weighted by Gasteiger charge is 2.35. The van der Waals surface area contributed by atoms with Gasteiger partial charge >= 0.3 is 0 Å². The Morgan fingerprint density at radius 3 is 1.89 bits per heavy atom. The molecule has 0 aliphatic heterocycles. The van der Waals surface area contributed by atoms with E-state index in [2.05, 4.69) is 36.0 Å². The van der Waals surface area contributed by atoms with Crippen molar-refractivity contribution in [3.63, 3.8) is 0 Å². The Morgan fingerprint density at radius 1 is 0.852 bits per heavy atom. The van der Waals surface area contributed by atoms with Crippen LogP contribution in [-0.2, 0) is 15.3 Å². The number of carbonyl (C=O) groups excluding carboxylic acids is 2. The first-order chi connectivity index (χ1) is 13.0. The molecule has 0 spiro atoms. The third-order valence-electron chi connectivity index (χ3n) is 5.71. The van der Waals surface area contributed by atoms with Crippen molar-refractivity contribution in [3.05, 3.63) is 71.3 Å². The van der Waals surface area contributed by atoms with Crippen LogP contribution in [0.2, 0.25) is 0 Å². The van der Waals surface area contributed by atoms with Gasteiger partial charge in [-0.2, -0.15) is 9.98 Å². The molecule has 0 amide bonds. The summed E-state index contributed by atoms with van der Waals surface area (Å²) in [6.07, 6.45) is 7.95. The quantitative estimate of drug-likeness (QED) is 0.540. The molecule has 1 saturated carbocycles. The van der Waals surface area contributed by atoms with Gasteiger partial charge in [-0.3, -0.25) is 0 Å². The number of rotatable bonds is 5. The second-order valence-corrected chi connectivity index (χ2v) is 8.00. The van der Waals surface area contributed by atoms with E-state index in [-0.39, 0.29) is 0 Å². The molecule has 0 radical (unpaired) electrons. The third-order valence-corrected chi connectivity index (χ3v) is 5.71. The molecule has 2 aromatic rings. The molecule has 4 nitrogen and oxygen atoms in total. The van der Waals surface area contributed by atoms with Gasteiger partial charge in [0.05, 0.1) is 0 Å². The van der Waals surface area contributed by atoms with Crippen LogP contribution in [0.4, 0.5) is 0 Å². The summed E-state index contributed by atoms with van der Waals surface area (Å²) in [5.41, 5.74) is 1.55. The van der Waals surface area contributed by atoms with Crippen molar-refractivity contribution in [2.24, 2.45) is 15.4 Å². The standard InChI is InChI=1S/C23H24N2O2/c1-22(2)14-12-19(13-15-22)18-8-10-21(11-9-18)23(24-16-26,25-17-27)20-6-4-3-5-7-20/h3-11,19H,12-15H2,1-2H3. The smallest absolute Gasteiger partial charge is 0.211 e. The Morgan fingerprint density at radius 2 is 1.37 bits per heavy atom. The molecule has 0 heterocycles. The second-order valence-electron chi connectivity index (χ2n) is 8.00. The van der Waals surface area contributed by atoms with Crippen LogP contribution in [0.1, 0.15) is 62.1 Å². The van der Waals surface area contributed by atoms with Crippen molar-refractivity contribution in [2.45, 2.75) is 51.1 Å². The lowest BCUT2D eigenvalue weighted by Crippen LogP contribution is -2.23. The van der Waals surface area contributed by atoms with Gasteiger partial charge < -0.3 is 0 Å². The number of isocyanates is 2. The molecule has 0 bridgehead atoms. The minimum Gasteiger partial charge on any atom is -0.211 e. The summed E-state index contributed by atoms with van der Waals surface area (Å²) in [5.74, 6) is 0.544. The van der Waals surface area contributed by atoms with E-state index in [4.69, 9.17) is 0 Å². The monoisotopic (exact) mass is 360 g/mol. The van der Waals surface area contributed by atoms with Gasteiger partial charge in [-0.1, -0.05) is 68.4 Å². The summed E-state index contributed by atoms with van der Waals surface area (Å²) >= 11 is 0. The minimum atomic E-state index is -1.43. The maximum absolute atomic E-state index is 11.1. The maximum atomic E-state index is 11.1. The zero-order valence-electron chi connectivity index (χ0n) is 15.8. The summed E-state index contributed by atoms with van der Waals surface area (Å²) in [6.45, 7) is 4.66. The molecule has 1 aliphatic rings. The van der Waals surface area contributed by atoms with E-state index in [0.717, 1.165) is 0 Å². The highest BCUT2D eigenvalue weighted by molar-refractivity contribution is 5.49. The number of benzene rings is 2. The number of hydrogen-bond donors (Lipinski definition) is 0. The average Bonchev–Trinajstić information content (AvgIpc) is 2.69. The van der Waals surface area contributed by atoms with Gasteiger partial charge in [0.1, 0.15) is 0 Å². The van der Waals surface area contributed by atoms with Crippen molar-refractivity contribution < 1.29 is 9.59 Å². The van der Waals surface area contributed by atoms with E-state index in [9.17, 15) is 9.59 Å². The number of nitrogens with zero attached hydrogens (tertiary/aromatic N) is 2. The summed E-state index contributed by atoms with van der Waals surface area (Å²) in [5, 5.41) is 0. The normalized spacial score (nSPS) is 18.6. The molecule has 2 aromatic carbocycles. The average molecular weight is 360 g/mol. The molecule has 4 heteroatoms. The summed E-state index contributed by atoms with van der Waals surface area (Å²) < 4.78 is 0. The van der Waals surface area contributed by atoms with E-state index in [0.29, 0.717) is 22.5 Å². The fourth-order valence-corrected chi connectivity index (χ4v) is 3.97. The van der Waals surface area contributed by atoms with E-state index in [1.165, 1.54) is 31.2 Å². The zero-order chi connectivity index (χ0) is 19.3. The third kappa shape index (κ3) is 3.98. The predicted molar refractivity (Wildman–Crippen MR) is 105 cm³/mol. The molecular weight excluding hydrogens is 336 g/mol. The first kappa shape index (κ1) is 19.0. The van der Waals surface area contributed by atoms with Gasteiger partial charge in [0.2, 0.25) is 17.8 Å². The van der Waals surface area contributed by atoms with Gasteiger partial charge in [0.25, 0.3) is 0 Å². The van der Waals surface area contributed by atoms with E-state index in [1.807, 2.05) is 30.3 Å². The molecule has 0 unspecified atom stereocenters. The number of aliphatic imine (C=N–C) groups is 2. The molecule has 0 N–H and O–H groups in total. The highest BCUT2D eigenvalue weighted by atomic mass is 16.1. The molecule has 138 valence electrons. The van der Waals surface area contributed by atoms with Gasteiger partial charge in [-0.15, -0.1) is 0 Å². The maximum Gasteiger partial charge on any atom is 0.238 e. The van der Waals surface area contributed by atoms with Gasteiger partial charge in [0, 0.05) is 11.1 Å². The molecular formula is C23H24N2O2. The lowest BCUT2D eigenvalue weighted by Gasteiger charge is -2.34. The van der Waals surface area contributed by atoms with Crippen LogP contribution in [0.15, 0.2) is 64.6 Å². The van der Waals surface area contributed by atoms with E-state index in [1.54, 1.807) is 24.3 Å². The Bertz CT molecular complexity index is 846. The van der Waals surface area contributed by atoms with Crippen molar-refractivity contribution in [1.82, 2.24) is 0 Å². The van der Waals surface area contributed by atoms with Crippen LogP contribution in [-0.4, -0.2) is 12.2 Å². The topological polar surface area (TPSA) is 58.9 Å². The Labute approximate surface area is 160 Å². The molecule has 0 aromatic heterocycles. The minimum absolute atomic E-state index is 0.427. The Hall–Kier alpha value is -2.80. The molecule has 27 heavy (non-hydrogen) atoms. The lowest BCUT2D eigenvalue weighted by atomic mass is 9.71. The Kier molecular flexibility index (Phi) is 5.51. The SMILES string of the molecule is CC1(C)CCC(c2ccc(C(N=C=O)(N=C=O)c3ccccc3)cc2)CC1. The van der Waals surface area contributed by atoms with Gasteiger partial charge in [0.15, 0.2) is 0 Å². The zero-order valence-corrected chi connectivity index (χ0v) is 15.8. The second kappa shape index (κ2) is 7.84. The fraction of sp³-hybridized carbons (Fsp3) is 0.391. The van der Waals surface area contributed by atoms with Crippen LogP contribution in [0.25, 0.3) is 0 Å². The predicted octanol–water partition coefficient (Wildman–Crippen LogP) is 5.24. The molecule has 1 aliphatic carbocycles. The van der Waals surface area contributed by atoms with Crippen LogP contribution < -0.4 is 0 Å². The molecule has 1 fully saturated rings. The van der Waals surface area contributed by atoms with Crippen LogP contribution >= 0.6 is 0 Å². The fourth-order valence-electron chi connectivity index (χ4n) is 3.97. The van der Waals surface area contributed by atoms with E-state index >= 15 is 0 Å². The summed E-state index contributed by atoms with van der Waals surface area (Å²) in [6, 6.07) is 17.0. The Balaban J connectivity index is 1.97. The first-order valence-corrected chi connectivity index (χ1v) is 9.35. The highest BCUT2D eigenvalue weighted by Crippen LogP contribution is 2.43. The largest absolute Gasteiger partial charge is 0.238 e.